The van der Waals surface area contributed by atoms with Crippen LogP contribution in [0.25, 0.3) is 0 Å². The number of thioether (sulfide) groups is 1. The first-order valence-corrected chi connectivity index (χ1v) is 12.4. The van der Waals surface area contributed by atoms with E-state index in [9.17, 15) is 24.5 Å². The lowest BCUT2D eigenvalue weighted by atomic mass is 9.97. The van der Waals surface area contributed by atoms with Crippen molar-refractivity contribution in [2.45, 2.75) is 43.8 Å². The first-order chi connectivity index (χ1) is 17.2. The zero-order valence-corrected chi connectivity index (χ0v) is 20.8. The molecule has 2 heterocycles. The lowest BCUT2D eigenvalue weighted by molar-refractivity contribution is -0.384. The molecule has 0 spiro atoms. The van der Waals surface area contributed by atoms with Crippen LogP contribution in [-0.2, 0) is 25.7 Å². The fourth-order valence-corrected chi connectivity index (χ4v) is 5.58. The number of halogens is 1. The molecule has 0 radical (unpaired) electrons. The molecule has 2 amide bonds. The molecule has 0 bridgehead atoms. The Morgan fingerprint density at radius 2 is 2.08 bits per heavy atom. The number of carbonyl (C=O) groups is 3. The highest BCUT2D eigenvalue weighted by Crippen LogP contribution is 2.46. The zero-order valence-electron chi connectivity index (χ0n) is 19.2. The molecule has 188 valence electrons. The zero-order chi connectivity index (χ0) is 26.0. The molecule has 2 aliphatic heterocycles. The third kappa shape index (κ3) is 4.95. The summed E-state index contributed by atoms with van der Waals surface area (Å²) in [7, 11) is 0. The monoisotopic (exact) mass is 530 g/mol. The van der Waals surface area contributed by atoms with Gasteiger partial charge in [-0.3, -0.25) is 24.6 Å². The molecule has 1 fully saturated rings. The van der Waals surface area contributed by atoms with Crippen LogP contribution in [0.5, 0.6) is 0 Å². The number of allylic oxidation sites excluding steroid dienone is 4. The molecule has 12 heteroatoms. The van der Waals surface area contributed by atoms with Crippen molar-refractivity contribution >= 4 is 46.8 Å². The summed E-state index contributed by atoms with van der Waals surface area (Å²) in [4.78, 5) is 51.0. The number of nitrogens with zero attached hydrogens (tertiary/aromatic N) is 2. The molecule has 3 aliphatic rings. The summed E-state index contributed by atoms with van der Waals surface area (Å²) in [6, 6.07) is 3.83. The van der Waals surface area contributed by atoms with Crippen LogP contribution >= 0.6 is 23.4 Å². The topological polar surface area (TPSA) is 145 Å². The number of benzene rings is 1. The Hall–Kier alpha value is -3.41. The predicted octanol–water partition coefficient (Wildman–Crippen LogP) is 3.00. The molecule has 4 rings (SSSR count). The van der Waals surface area contributed by atoms with Crippen LogP contribution in [0, 0.1) is 10.1 Å². The van der Waals surface area contributed by atoms with Crippen molar-refractivity contribution in [1.29, 1.82) is 0 Å². The first-order valence-electron chi connectivity index (χ1n) is 11.0. The molecule has 2 unspecified atom stereocenters. The number of carbonyl (C=O) groups excluding carboxylic acids is 3. The minimum atomic E-state index is -0.884. The lowest BCUT2D eigenvalue weighted by Crippen LogP contribution is -2.71. The molecule has 3 N–H and O–H groups in total. The minimum Gasteiger partial charge on any atom is -0.456 e. The van der Waals surface area contributed by atoms with Gasteiger partial charge in [0.05, 0.1) is 4.92 Å². The Morgan fingerprint density at radius 1 is 1.36 bits per heavy atom. The largest absolute Gasteiger partial charge is 0.456 e. The van der Waals surface area contributed by atoms with Crippen molar-refractivity contribution in [3.63, 3.8) is 0 Å². The van der Waals surface area contributed by atoms with Gasteiger partial charge in [0.25, 0.3) is 11.6 Å². The van der Waals surface area contributed by atoms with Crippen molar-refractivity contribution in [3.05, 3.63) is 85.5 Å². The fourth-order valence-electron chi connectivity index (χ4n) is 4.05. The Kier molecular flexibility index (Phi) is 7.62. The SMILES string of the molecule is CC1=C(C(=O)OCc2ccc([N+](=O)[O-])cc2)N2C(=O)C(NC(=O)C(N)C3=CCC=CC3)[C@H]2S/C1=C\Cl. The second-order valence-corrected chi connectivity index (χ2v) is 9.69. The molecular weight excluding hydrogens is 508 g/mol. The van der Waals surface area contributed by atoms with E-state index in [-0.39, 0.29) is 18.0 Å². The van der Waals surface area contributed by atoms with E-state index >= 15 is 0 Å². The molecule has 1 aromatic carbocycles. The smallest absolute Gasteiger partial charge is 0.355 e. The van der Waals surface area contributed by atoms with Gasteiger partial charge in [0.1, 0.15) is 29.8 Å². The van der Waals surface area contributed by atoms with Gasteiger partial charge in [0, 0.05) is 22.6 Å². The molecular formula is C24H23ClN4O6S. The van der Waals surface area contributed by atoms with Crippen LogP contribution in [0.3, 0.4) is 0 Å². The number of hydrogen-bond donors (Lipinski definition) is 2. The maximum Gasteiger partial charge on any atom is 0.355 e. The average molecular weight is 531 g/mol. The number of nitro groups is 1. The van der Waals surface area contributed by atoms with Crippen molar-refractivity contribution in [1.82, 2.24) is 10.2 Å². The quantitative estimate of drug-likeness (QED) is 0.180. The van der Waals surface area contributed by atoms with Crippen LogP contribution in [0.1, 0.15) is 25.3 Å². The van der Waals surface area contributed by atoms with Crippen molar-refractivity contribution in [2.24, 2.45) is 5.73 Å². The second kappa shape index (κ2) is 10.7. The van der Waals surface area contributed by atoms with Crippen LogP contribution in [-0.4, -0.2) is 45.1 Å². The van der Waals surface area contributed by atoms with Gasteiger partial charge >= 0.3 is 5.97 Å². The summed E-state index contributed by atoms with van der Waals surface area (Å²) < 4.78 is 5.40. The number of fused-ring (bicyclic) bond motifs is 1. The predicted molar refractivity (Wildman–Crippen MR) is 134 cm³/mol. The molecule has 10 nitrogen and oxygen atoms in total. The third-order valence-electron chi connectivity index (χ3n) is 6.08. The van der Waals surface area contributed by atoms with E-state index in [0.29, 0.717) is 28.9 Å². The van der Waals surface area contributed by atoms with Gasteiger partial charge in [-0.2, -0.15) is 0 Å². The molecule has 3 atom stereocenters. The van der Waals surface area contributed by atoms with Gasteiger partial charge in [-0.1, -0.05) is 41.6 Å². The van der Waals surface area contributed by atoms with Crippen LogP contribution in [0.4, 0.5) is 5.69 Å². The van der Waals surface area contributed by atoms with E-state index in [2.05, 4.69) is 5.32 Å². The Balaban J connectivity index is 1.46. The highest BCUT2D eigenvalue weighted by atomic mass is 35.5. The number of amides is 2. The maximum atomic E-state index is 13.0. The van der Waals surface area contributed by atoms with Gasteiger partial charge < -0.3 is 15.8 Å². The molecule has 0 saturated carbocycles. The normalized spacial score (nSPS) is 23.0. The molecule has 1 saturated heterocycles. The Bertz CT molecular complexity index is 1240. The number of rotatable bonds is 7. The molecule has 36 heavy (non-hydrogen) atoms. The van der Waals surface area contributed by atoms with Gasteiger partial charge in [-0.25, -0.2) is 4.79 Å². The van der Waals surface area contributed by atoms with E-state index in [1.165, 1.54) is 46.5 Å². The molecule has 1 aromatic rings. The van der Waals surface area contributed by atoms with E-state index in [1.54, 1.807) is 6.92 Å². The van der Waals surface area contributed by atoms with Gasteiger partial charge in [-0.05, 0) is 48.6 Å². The molecule has 1 aliphatic carbocycles. The van der Waals surface area contributed by atoms with Gasteiger partial charge in [0.15, 0.2) is 0 Å². The third-order valence-corrected chi connectivity index (χ3v) is 7.83. The second-order valence-electron chi connectivity index (χ2n) is 8.32. The van der Waals surface area contributed by atoms with Crippen molar-refractivity contribution < 1.29 is 24.0 Å². The summed E-state index contributed by atoms with van der Waals surface area (Å²) in [6.07, 6.45) is 7.09. The minimum absolute atomic E-state index is 0.0347. The number of nitro benzene ring substituents is 1. The maximum absolute atomic E-state index is 13.0. The van der Waals surface area contributed by atoms with Gasteiger partial charge in [-0.15, -0.1) is 0 Å². The van der Waals surface area contributed by atoms with Gasteiger partial charge in [0.2, 0.25) is 5.91 Å². The van der Waals surface area contributed by atoms with Crippen LogP contribution in [0.2, 0.25) is 0 Å². The van der Waals surface area contributed by atoms with E-state index in [0.717, 1.165) is 5.57 Å². The standard InChI is InChI=1S/C24H23ClN4O6S/c1-13-17(11-25)36-23-19(27-21(30)18(26)15-5-3-2-4-6-15)22(31)28(23)20(13)24(32)35-12-14-7-9-16(10-8-14)29(33)34/h2-3,6-11,18-19,23H,4-5,12,26H2,1H3,(H,27,30)/b17-11-/t18?,19?,23-/m1/s1. The van der Waals surface area contributed by atoms with Crippen LogP contribution in [0.15, 0.2) is 69.8 Å². The summed E-state index contributed by atoms with van der Waals surface area (Å²) in [5, 5.41) is 12.9. The average Bonchev–Trinajstić information content (AvgIpc) is 2.90. The summed E-state index contributed by atoms with van der Waals surface area (Å²) in [6.45, 7) is 1.50. The van der Waals surface area contributed by atoms with Crippen LogP contribution < -0.4 is 11.1 Å². The number of β-lactam (4-membered cyclic amide) rings is 1. The number of nitrogens with two attached hydrogens (primary N) is 1. The van der Waals surface area contributed by atoms with E-state index < -0.39 is 40.2 Å². The Labute approximate surface area is 216 Å². The number of esters is 1. The number of ether oxygens (including phenoxy) is 1. The number of nitrogens with one attached hydrogen (secondary N) is 1. The first kappa shape index (κ1) is 25.7. The lowest BCUT2D eigenvalue weighted by Gasteiger charge is -2.50. The molecule has 0 aromatic heterocycles. The van der Waals surface area contributed by atoms with E-state index in [1.807, 2.05) is 18.2 Å². The summed E-state index contributed by atoms with van der Waals surface area (Å²) in [5.74, 6) is -1.68. The number of hydrogen-bond acceptors (Lipinski definition) is 8. The number of non-ortho nitro benzene ring substituents is 1. The Morgan fingerprint density at radius 3 is 2.69 bits per heavy atom. The highest BCUT2D eigenvalue weighted by Gasteiger charge is 2.55. The fraction of sp³-hybridized carbons (Fsp3) is 0.292. The summed E-state index contributed by atoms with van der Waals surface area (Å²) >= 11 is 7.24. The van der Waals surface area contributed by atoms with Crippen molar-refractivity contribution in [3.8, 4) is 0 Å². The van der Waals surface area contributed by atoms with Crippen molar-refractivity contribution in [2.75, 3.05) is 0 Å². The highest BCUT2D eigenvalue weighted by molar-refractivity contribution is 8.04. The van der Waals surface area contributed by atoms with E-state index in [4.69, 9.17) is 22.1 Å². The summed E-state index contributed by atoms with van der Waals surface area (Å²) in [5.41, 5.74) is 9.16.